The number of hydrogen-bond acceptors (Lipinski definition) is 0. The molecule has 2 nitrogen and oxygen atoms in total. The molecule has 3 heteroatoms. The molecule has 0 heterocycles. The number of rotatable bonds is 2. The van der Waals surface area contributed by atoms with Crippen molar-refractivity contribution in [1.82, 2.24) is 0 Å². The Morgan fingerprint density at radius 1 is 1.12 bits per heavy atom. The van der Waals surface area contributed by atoms with Crippen LogP contribution in [0.5, 0.6) is 0 Å². The minimum absolute atomic E-state index is 0.546. The number of nitrogens with one attached hydrogen (secondary N) is 1. The van der Waals surface area contributed by atoms with Gasteiger partial charge < -0.3 is 0 Å². The van der Waals surface area contributed by atoms with E-state index in [4.69, 9.17) is 17.3 Å². The smallest absolute Gasteiger partial charge is 0.273 e. The van der Waals surface area contributed by atoms with E-state index in [1.54, 1.807) is 0 Å². The van der Waals surface area contributed by atoms with Gasteiger partial charge in [0.05, 0.1) is 11.6 Å². The Kier molecular flexibility index (Phi) is 3.83. The zero-order chi connectivity index (χ0) is 11.4. The van der Waals surface area contributed by atoms with Gasteiger partial charge in [0.1, 0.15) is 0 Å². The third-order valence-corrected chi connectivity index (χ3v) is 3.37. The fourth-order valence-corrected chi connectivity index (χ4v) is 2.31. The monoisotopic (exact) mass is 237 g/mol. The highest BCUT2D eigenvalue weighted by Gasteiger charge is 2.15. The minimum atomic E-state index is 0.546. The number of nitrogen functional groups attached to an aromatic ring is 1. The van der Waals surface area contributed by atoms with E-state index in [1.807, 2.05) is 24.3 Å². The average molecular weight is 238 g/mol. The van der Waals surface area contributed by atoms with E-state index in [1.165, 1.54) is 32.1 Å². The zero-order valence-electron chi connectivity index (χ0n) is 9.38. The van der Waals surface area contributed by atoms with Crippen molar-refractivity contribution in [2.45, 2.75) is 38.1 Å². The molecule has 1 aliphatic carbocycles. The number of benzene rings is 1. The molecule has 0 unspecified atom stereocenters. The molecule has 0 aromatic heterocycles. The summed E-state index contributed by atoms with van der Waals surface area (Å²) in [5, 5.41) is 0.745. The van der Waals surface area contributed by atoms with E-state index in [0.717, 1.165) is 16.4 Å². The maximum Gasteiger partial charge on any atom is 0.273 e. The molecule has 86 valence electrons. The molecule has 0 spiro atoms. The number of halogens is 1. The van der Waals surface area contributed by atoms with Gasteiger partial charge in [-0.2, -0.15) is 0 Å². The Hall–Kier alpha value is -1.02. The van der Waals surface area contributed by atoms with Crippen molar-refractivity contribution in [2.75, 3.05) is 0 Å². The van der Waals surface area contributed by atoms with Crippen molar-refractivity contribution >= 4 is 17.4 Å². The molecule has 0 aliphatic heterocycles. The Morgan fingerprint density at radius 2 is 1.75 bits per heavy atom. The molecule has 0 atom stereocenters. The Balaban J connectivity index is 2.07. The van der Waals surface area contributed by atoms with Crippen LogP contribution in [-0.2, 0) is 0 Å². The van der Waals surface area contributed by atoms with Gasteiger partial charge in [0.15, 0.2) is 0 Å². The molecule has 0 saturated heterocycles. The van der Waals surface area contributed by atoms with Gasteiger partial charge >= 0.3 is 0 Å². The van der Waals surface area contributed by atoms with Gasteiger partial charge in [-0.3, -0.25) is 10.7 Å². The van der Waals surface area contributed by atoms with E-state index >= 15 is 0 Å². The predicted molar refractivity (Wildman–Crippen MR) is 67.6 cm³/mol. The van der Waals surface area contributed by atoms with E-state index < -0.39 is 0 Å². The van der Waals surface area contributed by atoms with Gasteiger partial charge in [-0.15, -0.1) is 0 Å². The predicted octanol–water partition coefficient (Wildman–Crippen LogP) is 1.46. The van der Waals surface area contributed by atoms with E-state index in [0.29, 0.717) is 6.04 Å². The highest BCUT2D eigenvalue weighted by Crippen LogP contribution is 2.14. The highest BCUT2D eigenvalue weighted by molar-refractivity contribution is 6.30. The van der Waals surface area contributed by atoms with Gasteiger partial charge in [0.2, 0.25) is 0 Å². The van der Waals surface area contributed by atoms with Crippen LogP contribution < -0.4 is 10.7 Å². The lowest BCUT2D eigenvalue weighted by molar-refractivity contribution is -0.507. The van der Waals surface area contributed by atoms with Gasteiger partial charge in [0, 0.05) is 5.02 Å². The Morgan fingerprint density at radius 3 is 2.38 bits per heavy atom. The van der Waals surface area contributed by atoms with Gasteiger partial charge in [-0.1, -0.05) is 18.0 Å². The molecule has 1 aromatic carbocycles. The third-order valence-electron chi connectivity index (χ3n) is 3.12. The van der Waals surface area contributed by atoms with Gasteiger partial charge in [-0.25, -0.2) is 0 Å². The van der Waals surface area contributed by atoms with Crippen molar-refractivity contribution in [3.05, 3.63) is 34.9 Å². The van der Waals surface area contributed by atoms with Crippen LogP contribution in [0.15, 0.2) is 24.3 Å². The Bertz CT molecular complexity index is 364. The number of nitrogens with two attached hydrogens (primary N) is 1. The van der Waals surface area contributed by atoms with Crippen molar-refractivity contribution < 1.29 is 4.99 Å². The molecule has 1 aromatic rings. The summed E-state index contributed by atoms with van der Waals surface area (Å²) in [6.45, 7) is 0. The first-order valence-electron chi connectivity index (χ1n) is 5.90. The quantitative estimate of drug-likeness (QED) is 0.594. The largest absolute Gasteiger partial charge is 0.287 e. The van der Waals surface area contributed by atoms with Crippen molar-refractivity contribution in [3.8, 4) is 0 Å². The summed E-state index contributed by atoms with van der Waals surface area (Å²) < 4.78 is 0. The molecular weight excluding hydrogens is 220 g/mol. The summed E-state index contributed by atoms with van der Waals surface area (Å²) in [6.07, 6.45) is 6.44. The second kappa shape index (κ2) is 5.35. The summed E-state index contributed by atoms with van der Waals surface area (Å²) in [4.78, 5) is 3.41. The molecule has 0 bridgehead atoms. The van der Waals surface area contributed by atoms with Crippen LogP contribution in [0.4, 0.5) is 0 Å². The normalized spacial score (nSPS) is 18.7. The van der Waals surface area contributed by atoms with Crippen molar-refractivity contribution in [1.29, 1.82) is 0 Å². The van der Waals surface area contributed by atoms with Crippen molar-refractivity contribution in [2.24, 2.45) is 5.73 Å². The number of hydrogen-bond donors (Lipinski definition) is 2. The summed E-state index contributed by atoms with van der Waals surface area (Å²) >= 11 is 5.84. The van der Waals surface area contributed by atoms with Crippen LogP contribution >= 0.6 is 11.6 Å². The lowest BCUT2D eigenvalue weighted by atomic mass is 9.96. The number of amidine groups is 1. The summed E-state index contributed by atoms with van der Waals surface area (Å²) in [5.74, 6) is 0.767. The van der Waals surface area contributed by atoms with E-state index in [2.05, 4.69) is 4.99 Å². The zero-order valence-corrected chi connectivity index (χ0v) is 10.1. The molecule has 0 amide bonds. The fourth-order valence-electron chi connectivity index (χ4n) is 2.18. The van der Waals surface area contributed by atoms with Crippen LogP contribution in [0.2, 0.25) is 5.02 Å². The van der Waals surface area contributed by atoms with E-state index in [9.17, 15) is 0 Å². The van der Waals surface area contributed by atoms with Crippen LogP contribution in [0.25, 0.3) is 0 Å². The average Bonchev–Trinajstić information content (AvgIpc) is 2.31. The van der Waals surface area contributed by atoms with Crippen LogP contribution in [0, 0.1) is 0 Å². The molecular formula is C13H18ClN2+. The topological polar surface area (TPSA) is 40.0 Å². The fraction of sp³-hybridized carbons (Fsp3) is 0.462. The molecule has 1 saturated carbocycles. The Labute approximate surface area is 102 Å². The second-order valence-corrected chi connectivity index (χ2v) is 4.84. The lowest BCUT2D eigenvalue weighted by Gasteiger charge is -2.15. The molecule has 0 radical (unpaired) electrons. The summed E-state index contributed by atoms with van der Waals surface area (Å²) in [5.41, 5.74) is 7.06. The van der Waals surface area contributed by atoms with Crippen molar-refractivity contribution in [3.63, 3.8) is 0 Å². The molecule has 3 N–H and O–H groups in total. The molecule has 1 fully saturated rings. The van der Waals surface area contributed by atoms with Gasteiger partial charge in [0.25, 0.3) is 5.84 Å². The van der Waals surface area contributed by atoms with Crippen LogP contribution in [0.1, 0.15) is 37.7 Å². The second-order valence-electron chi connectivity index (χ2n) is 4.40. The third kappa shape index (κ3) is 2.99. The summed E-state index contributed by atoms with van der Waals surface area (Å²) in [6, 6.07) is 8.18. The van der Waals surface area contributed by atoms with E-state index in [-0.39, 0.29) is 0 Å². The molecule has 2 rings (SSSR count). The first kappa shape index (κ1) is 11.5. The maximum atomic E-state index is 6.04. The SMILES string of the molecule is NC(=[NH+]C1CCCCC1)c1ccc(Cl)cc1. The summed E-state index contributed by atoms with van der Waals surface area (Å²) in [7, 11) is 0. The highest BCUT2D eigenvalue weighted by atomic mass is 35.5. The first-order chi connectivity index (χ1) is 7.75. The lowest BCUT2D eigenvalue weighted by Crippen LogP contribution is -2.82. The minimum Gasteiger partial charge on any atom is -0.287 e. The molecule has 1 aliphatic rings. The van der Waals surface area contributed by atoms with Gasteiger partial charge in [-0.05, 0) is 49.9 Å². The maximum absolute atomic E-state index is 6.04. The molecule has 16 heavy (non-hydrogen) atoms. The van der Waals surface area contributed by atoms with Crippen LogP contribution in [-0.4, -0.2) is 11.9 Å². The van der Waals surface area contributed by atoms with Crippen LogP contribution in [0.3, 0.4) is 0 Å². The first-order valence-corrected chi connectivity index (χ1v) is 6.28. The standard InChI is InChI=1S/C13H17ClN2/c14-11-8-6-10(7-9-11)13(15)16-12-4-2-1-3-5-12/h6-9,12H,1-5H2,(H2,15,16)/p+1.